The van der Waals surface area contributed by atoms with Gasteiger partial charge in [-0.2, -0.15) is 0 Å². The van der Waals surface area contributed by atoms with Crippen LogP contribution in [0.2, 0.25) is 5.02 Å². The Kier molecular flexibility index (Phi) is 8.29. The summed E-state index contributed by atoms with van der Waals surface area (Å²) in [5.41, 5.74) is 2.45. The lowest BCUT2D eigenvalue weighted by Gasteiger charge is -2.13. The van der Waals surface area contributed by atoms with Crippen molar-refractivity contribution >= 4 is 17.6 Å². The lowest BCUT2D eigenvalue weighted by Crippen LogP contribution is -2.39. The Morgan fingerprint density at radius 3 is 2.06 bits per heavy atom. The van der Waals surface area contributed by atoms with E-state index in [9.17, 15) is 0 Å². The van der Waals surface area contributed by atoms with E-state index < -0.39 is 0 Å². The first-order chi connectivity index (χ1) is 15.0. The van der Waals surface area contributed by atoms with Crippen LogP contribution >= 0.6 is 11.6 Å². The Bertz CT molecular complexity index is 982. The molecule has 3 aromatic rings. The Hall–Kier alpha value is -3.06. The average Bonchev–Trinajstić information content (AvgIpc) is 3.11. The van der Waals surface area contributed by atoms with E-state index in [0.29, 0.717) is 6.54 Å². The fourth-order valence-electron chi connectivity index (χ4n) is 3.01. The Balaban J connectivity index is 1.57. The van der Waals surface area contributed by atoms with E-state index in [1.54, 1.807) is 7.11 Å². The van der Waals surface area contributed by atoms with Gasteiger partial charge in [0, 0.05) is 25.2 Å². The molecule has 2 N–H and O–H groups in total. The quantitative estimate of drug-likeness (QED) is 0.394. The molecular formula is C23H29ClN6O. The number of rotatable bonds is 9. The molecule has 2 aromatic carbocycles. The second-order valence-electron chi connectivity index (χ2n) is 7.22. The van der Waals surface area contributed by atoms with Gasteiger partial charge < -0.3 is 19.9 Å². The van der Waals surface area contributed by atoms with Gasteiger partial charge in [0.2, 0.25) is 0 Å². The summed E-state index contributed by atoms with van der Waals surface area (Å²) in [7, 11) is 3.62. The van der Waals surface area contributed by atoms with Crippen LogP contribution in [-0.4, -0.2) is 40.9 Å². The number of aliphatic imine (C=N–C) groups is 1. The van der Waals surface area contributed by atoms with Crippen molar-refractivity contribution < 1.29 is 4.74 Å². The van der Waals surface area contributed by atoms with Crippen LogP contribution in [0.5, 0.6) is 5.75 Å². The highest BCUT2D eigenvalue weighted by Crippen LogP contribution is 2.11. The number of nitrogens with one attached hydrogen (secondary N) is 2. The molecule has 164 valence electrons. The minimum atomic E-state index is 0.455. The number of nitrogens with zero attached hydrogens (tertiary/aromatic N) is 4. The summed E-state index contributed by atoms with van der Waals surface area (Å²) in [5, 5.41) is 15.9. The fraction of sp³-hybridized carbons (Fsp3) is 0.348. The van der Waals surface area contributed by atoms with Gasteiger partial charge in [-0.05, 0) is 55.2 Å². The zero-order chi connectivity index (χ0) is 22.1. The van der Waals surface area contributed by atoms with Crippen LogP contribution in [0, 0.1) is 6.92 Å². The van der Waals surface area contributed by atoms with E-state index in [1.807, 2.05) is 54.9 Å². The van der Waals surface area contributed by atoms with Crippen molar-refractivity contribution in [1.82, 2.24) is 25.4 Å². The standard InChI is InChI=1S/C23H29ClN6O/c1-17-28-29-22(30(17)2)16-27-23(25-14-12-18-4-8-20(24)9-5-18)26-15-13-19-6-10-21(31-3)11-7-19/h4-11H,12-16H2,1-3H3,(H2,25,26,27). The molecule has 3 rings (SSSR count). The summed E-state index contributed by atoms with van der Waals surface area (Å²) in [5.74, 6) is 3.31. The number of ether oxygens (including phenoxy) is 1. The zero-order valence-electron chi connectivity index (χ0n) is 18.2. The second kappa shape index (κ2) is 11.4. The summed E-state index contributed by atoms with van der Waals surface area (Å²) in [6, 6.07) is 16.0. The number of guanidine groups is 1. The van der Waals surface area contributed by atoms with Gasteiger partial charge in [0.05, 0.1) is 7.11 Å². The van der Waals surface area contributed by atoms with Gasteiger partial charge in [-0.1, -0.05) is 35.9 Å². The third-order valence-electron chi connectivity index (χ3n) is 5.05. The highest BCUT2D eigenvalue weighted by atomic mass is 35.5. The summed E-state index contributed by atoms with van der Waals surface area (Å²) >= 11 is 5.97. The molecule has 1 heterocycles. The largest absolute Gasteiger partial charge is 0.497 e. The van der Waals surface area contributed by atoms with Crippen molar-refractivity contribution in [3.63, 3.8) is 0 Å². The molecule has 0 radical (unpaired) electrons. The number of halogens is 1. The molecule has 0 saturated carbocycles. The minimum absolute atomic E-state index is 0.455. The highest BCUT2D eigenvalue weighted by Gasteiger charge is 2.06. The molecule has 8 heteroatoms. The minimum Gasteiger partial charge on any atom is -0.497 e. The molecule has 0 amide bonds. The number of aryl methyl sites for hydroxylation is 1. The first-order valence-electron chi connectivity index (χ1n) is 10.3. The maximum Gasteiger partial charge on any atom is 0.191 e. The fourth-order valence-corrected chi connectivity index (χ4v) is 3.13. The molecule has 0 saturated heterocycles. The molecule has 31 heavy (non-hydrogen) atoms. The lowest BCUT2D eigenvalue weighted by molar-refractivity contribution is 0.414. The second-order valence-corrected chi connectivity index (χ2v) is 7.65. The Morgan fingerprint density at radius 2 is 1.55 bits per heavy atom. The van der Waals surface area contributed by atoms with E-state index >= 15 is 0 Å². The average molecular weight is 441 g/mol. The lowest BCUT2D eigenvalue weighted by atomic mass is 10.1. The molecule has 0 atom stereocenters. The summed E-state index contributed by atoms with van der Waals surface area (Å²) in [6.45, 7) is 3.90. The van der Waals surface area contributed by atoms with Crippen LogP contribution in [0.1, 0.15) is 22.8 Å². The van der Waals surface area contributed by atoms with Crippen LogP contribution in [0.15, 0.2) is 53.5 Å². The maximum atomic E-state index is 5.97. The van der Waals surface area contributed by atoms with E-state index in [0.717, 1.165) is 54.3 Å². The first kappa shape index (κ1) is 22.6. The van der Waals surface area contributed by atoms with Crippen LogP contribution in [0.3, 0.4) is 0 Å². The Labute approximate surface area is 188 Å². The molecule has 0 aliphatic carbocycles. The topological polar surface area (TPSA) is 76.4 Å². The van der Waals surface area contributed by atoms with Crippen molar-refractivity contribution in [1.29, 1.82) is 0 Å². The van der Waals surface area contributed by atoms with Crippen LogP contribution < -0.4 is 15.4 Å². The van der Waals surface area contributed by atoms with Gasteiger partial charge >= 0.3 is 0 Å². The summed E-state index contributed by atoms with van der Waals surface area (Å²) < 4.78 is 7.17. The van der Waals surface area contributed by atoms with Gasteiger partial charge in [-0.15, -0.1) is 10.2 Å². The molecular weight excluding hydrogens is 412 g/mol. The van der Waals surface area contributed by atoms with Gasteiger partial charge in [-0.3, -0.25) is 0 Å². The first-order valence-corrected chi connectivity index (χ1v) is 10.7. The highest BCUT2D eigenvalue weighted by molar-refractivity contribution is 6.30. The predicted molar refractivity (Wildman–Crippen MR) is 125 cm³/mol. The van der Waals surface area contributed by atoms with Crippen LogP contribution in [0.4, 0.5) is 0 Å². The predicted octanol–water partition coefficient (Wildman–Crippen LogP) is 3.31. The zero-order valence-corrected chi connectivity index (χ0v) is 19.0. The Morgan fingerprint density at radius 1 is 0.968 bits per heavy atom. The molecule has 0 fully saturated rings. The molecule has 0 spiro atoms. The molecule has 0 unspecified atom stereocenters. The molecule has 0 aliphatic heterocycles. The monoisotopic (exact) mass is 440 g/mol. The van der Waals surface area contributed by atoms with Gasteiger partial charge in [0.1, 0.15) is 18.1 Å². The number of aromatic nitrogens is 3. The van der Waals surface area contributed by atoms with E-state index in [2.05, 4.69) is 33.0 Å². The molecule has 1 aromatic heterocycles. The van der Waals surface area contributed by atoms with E-state index in [-0.39, 0.29) is 0 Å². The normalized spacial score (nSPS) is 11.4. The SMILES string of the molecule is COc1ccc(CCNC(=NCc2nnc(C)n2C)NCCc2ccc(Cl)cc2)cc1. The number of hydrogen-bond donors (Lipinski definition) is 2. The van der Waals surface area contributed by atoms with E-state index in [4.69, 9.17) is 21.3 Å². The smallest absolute Gasteiger partial charge is 0.191 e. The molecule has 7 nitrogen and oxygen atoms in total. The van der Waals surface area contributed by atoms with Gasteiger partial charge in [-0.25, -0.2) is 4.99 Å². The van der Waals surface area contributed by atoms with Crippen molar-refractivity contribution in [2.75, 3.05) is 20.2 Å². The van der Waals surface area contributed by atoms with Crippen LogP contribution in [-0.2, 0) is 26.4 Å². The van der Waals surface area contributed by atoms with Crippen LogP contribution in [0.25, 0.3) is 0 Å². The maximum absolute atomic E-state index is 5.97. The number of benzene rings is 2. The van der Waals surface area contributed by atoms with E-state index in [1.165, 1.54) is 11.1 Å². The molecule has 0 aliphatic rings. The van der Waals surface area contributed by atoms with Crippen molar-refractivity contribution in [2.45, 2.75) is 26.3 Å². The summed E-state index contributed by atoms with van der Waals surface area (Å²) in [4.78, 5) is 4.70. The van der Waals surface area contributed by atoms with Crippen molar-refractivity contribution in [2.24, 2.45) is 12.0 Å². The van der Waals surface area contributed by atoms with Gasteiger partial charge in [0.25, 0.3) is 0 Å². The third-order valence-corrected chi connectivity index (χ3v) is 5.30. The number of hydrogen-bond acceptors (Lipinski definition) is 4. The summed E-state index contributed by atoms with van der Waals surface area (Å²) in [6.07, 6.45) is 1.75. The van der Waals surface area contributed by atoms with Crippen molar-refractivity contribution in [3.8, 4) is 5.75 Å². The third kappa shape index (κ3) is 7.00. The van der Waals surface area contributed by atoms with Crippen molar-refractivity contribution in [3.05, 3.63) is 76.3 Å². The number of methoxy groups -OCH3 is 1. The molecule has 0 bridgehead atoms. The van der Waals surface area contributed by atoms with Gasteiger partial charge in [0.15, 0.2) is 11.8 Å².